The van der Waals surface area contributed by atoms with Crippen molar-refractivity contribution in [2.75, 3.05) is 6.61 Å². The Morgan fingerprint density at radius 1 is 1.06 bits per heavy atom. The van der Waals surface area contributed by atoms with Crippen molar-refractivity contribution < 1.29 is 8.82 Å². The Morgan fingerprint density at radius 2 is 1.72 bits per heavy atom. The molecule has 4 nitrogen and oxygen atoms in total. The predicted molar refractivity (Wildman–Crippen MR) is 149 cm³/mol. The molecule has 6 heteroatoms. The molecule has 3 aromatic rings. The molecule has 36 heavy (non-hydrogen) atoms. The van der Waals surface area contributed by atoms with Crippen molar-refractivity contribution in [3.63, 3.8) is 0 Å². The second kappa shape index (κ2) is 10.6. The third kappa shape index (κ3) is 5.50. The van der Waals surface area contributed by atoms with E-state index in [-0.39, 0.29) is 22.1 Å². The lowest BCUT2D eigenvalue weighted by molar-refractivity contribution is -0.0335. The van der Waals surface area contributed by atoms with Gasteiger partial charge in [-0.1, -0.05) is 27.7 Å². The van der Waals surface area contributed by atoms with Crippen LogP contribution in [0.25, 0.3) is 16.7 Å². The molecule has 1 fully saturated rings. The average Bonchev–Trinajstić information content (AvgIpc) is 2.84. The highest BCUT2D eigenvalue weighted by atomic mass is 28.3. The largest absolute Gasteiger partial charge is 0.420 e. The van der Waals surface area contributed by atoms with Gasteiger partial charge in [0.15, 0.2) is 14.5 Å². The van der Waals surface area contributed by atoms with Crippen molar-refractivity contribution in [1.82, 2.24) is 9.55 Å². The average molecular weight is 509 g/mol. The van der Waals surface area contributed by atoms with Crippen molar-refractivity contribution in [3.05, 3.63) is 70.4 Å². The summed E-state index contributed by atoms with van der Waals surface area (Å²) in [7, 11) is -1.08. The zero-order valence-corrected chi connectivity index (χ0v) is 23.8. The standard InChI is InChI=1S/C30H41FN2O2Si/c1-29(2,3)30(4,20-35-36(5)6)23-11-9-21(10-12-23)18-22-19-33(25-15-13-24(31)14-16-25)28-26(27(22)34)8-7-17-32-28/h7-8,13-17,19,21,23,36H,9-12,18,20H2,1-6H3. The van der Waals surface area contributed by atoms with E-state index < -0.39 is 9.04 Å². The molecule has 194 valence electrons. The van der Waals surface area contributed by atoms with Crippen LogP contribution in [0.3, 0.4) is 0 Å². The van der Waals surface area contributed by atoms with Gasteiger partial charge in [0.2, 0.25) is 0 Å². The summed E-state index contributed by atoms with van der Waals surface area (Å²) in [6.45, 7) is 14.8. The van der Waals surface area contributed by atoms with E-state index in [1.54, 1.807) is 18.3 Å². The maximum absolute atomic E-state index is 13.6. The highest BCUT2D eigenvalue weighted by molar-refractivity contribution is 6.48. The molecule has 0 amide bonds. The van der Waals surface area contributed by atoms with Gasteiger partial charge in [0.25, 0.3) is 0 Å². The van der Waals surface area contributed by atoms with E-state index in [2.05, 4.69) is 45.8 Å². The fourth-order valence-corrected chi connectivity index (χ4v) is 6.44. The molecular formula is C30H41FN2O2Si. The number of pyridine rings is 2. The first-order valence-corrected chi connectivity index (χ1v) is 16.1. The first kappa shape index (κ1) is 26.7. The molecule has 0 spiro atoms. The highest BCUT2D eigenvalue weighted by Gasteiger charge is 2.45. The normalized spacial score (nSPS) is 20.6. The Morgan fingerprint density at radius 3 is 2.33 bits per heavy atom. The second-order valence-electron chi connectivity index (χ2n) is 12.2. The van der Waals surface area contributed by atoms with Crippen molar-refractivity contribution in [3.8, 4) is 5.69 Å². The summed E-state index contributed by atoms with van der Waals surface area (Å²) < 4.78 is 21.8. The van der Waals surface area contributed by atoms with Crippen molar-refractivity contribution in [2.45, 2.75) is 72.9 Å². The van der Waals surface area contributed by atoms with E-state index in [4.69, 9.17) is 4.43 Å². The van der Waals surface area contributed by atoms with Crippen LogP contribution in [0.15, 0.2) is 53.6 Å². The van der Waals surface area contributed by atoms with Crippen LogP contribution in [0.1, 0.15) is 58.9 Å². The van der Waals surface area contributed by atoms with Gasteiger partial charge in [-0.2, -0.15) is 0 Å². The van der Waals surface area contributed by atoms with Crippen LogP contribution in [0.4, 0.5) is 4.39 Å². The lowest BCUT2D eigenvalue weighted by atomic mass is 9.57. The van der Waals surface area contributed by atoms with Crippen molar-refractivity contribution in [1.29, 1.82) is 0 Å². The monoisotopic (exact) mass is 508 g/mol. The fourth-order valence-electron chi connectivity index (χ4n) is 5.76. The minimum Gasteiger partial charge on any atom is -0.420 e. The molecule has 4 rings (SSSR count). The van der Waals surface area contributed by atoms with E-state index in [9.17, 15) is 9.18 Å². The van der Waals surface area contributed by atoms with Gasteiger partial charge in [-0.15, -0.1) is 0 Å². The molecular weight excluding hydrogens is 467 g/mol. The fraction of sp³-hybridized carbons (Fsp3) is 0.533. The third-order valence-electron chi connectivity index (χ3n) is 8.63. The Balaban J connectivity index is 1.57. The number of hydrogen-bond donors (Lipinski definition) is 0. The summed E-state index contributed by atoms with van der Waals surface area (Å²) in [6.07, 6.45) is 8.97. The molecule has 1 unspecified atom stereocenters. The predicted octanol–water partition coefficient (Wildman–Crippen LogP) is 6.93. The molecule has 0 radical (unpaired) electrons. The minimum absolute atomic E-state index is 0.0633. The number of nitrogens with zero attached hydrogens (tertiary/aromatic N) is 2. The Hall–Kier alpha value is -2.31. The zero-order chi connectivity index (χ0) is 26.1. The van der Waals surface area contributed by atoms with Crippen LogP contribution in [0.2, 0.25) is 13.1 Å². The van der Waals surface area contributed by atoms with Crippen LogP contribution < -0.4 is 5.43 Å². The van der Waals surface area contributed by atoms with E-state index in [0.717, 1.165) is 37.1 Å². The number of rotatable bonds is 7. The highest BCUT2D eigenvalue weighted by Crippen LogP contribution is 2.51. The van der Waals surface area contributed by atoms with Gasteiger partial charge in [0.05, 0.1) is 5.39 Å². The zero-order valence-electron chi connectivity index (χ0n) is 22.7. The smallest absolute Gasteiger partial charge is 0.194 e. The molecule has 1 aliphatic carbocycles. The summed E-state index contributed by atoms with van der Waals surface area (Å²) in [5.74, 6) is 0.824. The third-order valence-corrected chi connectivity index (χ3v) is 9.46. The molecule has 2 heterocycles. The molecule has 1 aromatic carbocycles. The Labute approximate surface area is 216 Å². The minimum atomic E-state index is -1.08. The molecule has 0 N–H and O–H groups in total. The summed E-state index contributed by atoms with van der Waals surface area (Å²) in [4.78, 5) is 17.9. The SMILES string of the molecule is C[SiH](C)OCC(C)(C1CCC(Cc2cn(-c3ccc(F)cc3)c3ncccc3c2=O)CC1)C(C)(C)C. The van der Waals surface area contributed by atoms with Gasteiger partial charge >= 0.3 is 0 Å². The number of halogens is 1. The first-order chi connectivity index (χ1) is 17.0. The van der Waals surface area contributed by atoms with Gasteiger partial charge in [-0.05, 0) is 104 Å². The van der Waals surface area contributed by atoms with Crippen LogP contribution in [0, 0.1) is 28.5 Å². The molecule has 0 saturated heterocycles. The number of aromatic nitrogens is 2. The van der Waals surface area contributed by atoms with E-state index in [1.165, 1.54) is 25.0 Å². The molecule has 1 atom stereocenters. The maximum Gasteiger partial charge on any atom is 0.194 e. The second-order valence-corrected chi connectivity index (χ2v) is 14.6. The van der Waals surface area contributed by atoms with Crippen LogP contribution >= 0.6 is 0 Å². The van der Waals surface area contributed by atoms with Crippen LogP contribution in [-0.2, 0) is 10.8 Å². The van der Waals surface area contributed by atoms with Gasteiger partial charge in [-0.3, -0.25) is 4.79 Å². The number of benzene rings is 1. The van der Waals surface area contributed by atoms with E-state index >= 15 is 0 Å². The first-order valence-electron chi connectivity index (χ1n) is 13.4. The number of fused-ring (bicyclic) bond motifs is 1. The van der Waals surface area contributed by atoms with Crippen molar-refractivity contribution >= 4 is 20.1 Å². The molecule has 0 aliphatic heterocycles. The van der Waals surface area contributed by atoms with Crippen molar-refractivity contribution in [2.24, 2.45) is 22.7 Å². The van der Waals surface area contributed by atoms with E-state index in [1.807, 2.05) is 22.9 Å². The lowest BCUT2D eigenvalue weighted by Crippen LogP contribution is -2.46. The van der Waals surface area contributed by atoms with Crippen LogP contribution in [0.5, 0.6) is 0 Å². The Kier molecular flexibility index (Phi) is 7.86. The molecule has 0 bridgehead atoms. The summed E-state index contributed by atoms with van der Waals surface area (Å²) in [5, 5.41) is 0.614. The molecule has 1 aliphatic rings. The summed E-state index contributed by atoms with van der Waals surface area (Å²) >= 11 is 0. The van der Waals surface area contributed by atoms with Crippen LogP contribution in [-0.4, -0.2) is 25.2 Å². The quantitative estimate of drug-likeness (QED) is 0.325. The summed E-state index contributed by atoms with van der Waals surface area (Å²) in [6, 6.07) is 10.0. The van der Waals surface area contributed by atoms with Gasteiger partial charge in [-0.25, -0.2) is 9.37 Å². The van der Waals surface area contributed by atoms with Gasteiger partial charge in [0.1, 0.15) is 11.5 Å². The summed E-state index contributed by atoms with van der Waals surface area (Å²) in [5.41, 5.74) is 2.60. The molecule has 1 saturated carbocycles. The topological polar surface area (TPSA) is 44.1 Å². The number of hydrogen-bond acceptors (Lipinski definition) is 3. The lowest BCUT2D eigenvalue weighted by Gasteiger charge is -2.50. The van der Waals surface area contributed by atoms with E-state index in [0.29, 0.717) is 22.9 Å². The maximum atomic E-state index is 13.6. The van der Waals surface area contributed by atoms with Gasteiger partial charge in [0, 0.05) is 30.3 Å². The van der Waals surface area contributed by atoms with Gasteiger partial charge < -0.3 is 8.99 Å². The Bertz CT molecular complexity index is 1240. The molecule has 2 aromatic heterocycles.